The lowest BCUT2D eigenvalue weighted by Gasteiger charge is -2.48. The molecule has 0 aromatic carbocycles. The highest BCUT2D eigenvalue weighted by molar-refractivity contribution is 7.94. The molecular weight excluding hydrogens is 432 g/mol. The van der Waals surface area contributed by atoms with Crippen LogP contribution < -0.4 is 0 Å². The molecule has 0 heterocycles. The van der Waals surface area contributed by atoms with Crippen molar-refractivity contribution in [3.05, 3.63) is 11.6 Å². The van der Waals surface area contributed by atoms with E-state index in [0.29, 0.717) is 24.4 Å². The maximum absolute atomic E-state index is 13.1. The summed E-state index contributed by atoms with van der Waals surface area (Å²) >= 11 is 0. The van der Waals surface area contributed by atoms with Gasteiger partial charge in [0.15, 0.2) is 18.2 Å². The third kappa shape index (κ3) is 5.10. The van der Waals surface area contributed by atoms with Gasteiger partial charge < -0.3 is 4.43 Å². The summed E-state index contributed by atoms with van der Waals surface area (Å²) in [4.78, 5) is 0. The standard InChI is InChI=1S/C27H52O3SSi/c1-11-32(12-2,13-3)30-24-15-14-19-27(10)22(16-17-23(24)27)21(4)18-20-26(8,9)31(28,29)25(5,6)7/h16,21,23-24H,11-15,17-20H2,1-10H3/t21-,23+,24+,27-/m1/s1. The second-order valence-electron chi connectivity index (χ2n) is 12.5. The van der Waals surface area contributed by atoms with Crippen molar-refractivity contribution < 1.29 is 12.8 Å². The van der Waals surface area contributed by atoms with Gasteiger partial charge in [-0.1, -0.05) is 52.7 Å². The molecule has 4 atom stereocenters. The van der Waals surface area contributed by atoms with E-state index in [0.717, 1.165) is 12.8 Å². The molecule has 0 N–H and O–H groups in total. The second-order valence-corrected chi connectivity index (χ2v) is 20.6. The zero-order valence-electron chi connectivity index (χ0n) is 22.8. The van der Waals surface area contributed by atoms with Crippen molar-refractivity contribution in [3.8, 4) is 0 Å². The third-order valence-corrected chi connectivity index (χ3v) is 17.2. The van der Waals surface area contributed by atoms with Crippen LogP contribution in [-0.2, 0) is 14.3 Å². The fraction of sp³-hybridized carbons (Fsp3) is 0.926. The molecule has 3 nitrogen and oxygen atoms in total. The molecule has 0 amide bonds. The van der Waals surface area contributed by atoms with Gasteiger partial charge >= 0.3 is 0 Å². The minimum Gasteiger partial charge on any atom is -0.414 e. The molecule has 0 spiro atoms. The zero-order chi connectivity index (χ0) is 24.6. The predicted octanol–water partition coefficient (Wildman–Crippen LogP) is 7.92. The van der Waals surface area contributed by atoms with Crippen LogP contribution in [0.25, 0.3) is 0 Å². The first-order valence-corrected chi connectivity index (χ1v) is 17.2. The highest BCUT2D eigenvalue weighted by Gasteiger charge is 2.51. The van der Waals surface area contributed by atoms with Crippen molar-refractivity contribution in [2.24, 2.45) is 17.3 Å². The van der Waals surface area contributed by atoms with Gasteiger partial charge in [0.1, 0.15) is 0 Å². The first-order chi connectivity index (χ1) is 14.6. The van der Waals surface area contributed by atoms with Gasteiger partial charge in [0.25, 0.3) is 0 Å². The van der Waals surface area contributed by atoms with Gasteiger partial charge in [-0.25, -0.2) is 8.42 Å². The molecule has 2 rings (SSSR count). The van der Waals surface area contributed by atoms with Crippen LogP contribution in [0.2, 0.25) is 18.1 Å². The predicted molar refractivity (Wildman–Crippen MR) is 141 cm³/mol. The van der Waals surface area contributed by atoms with E-state index in [2.05, 4.69) is 40.7 Å². The van der Waals surface area contributed by atoms with E-state index in [9.17, 15) is 8.42 Å². The number of fused-ring (bicyclic) bond motifs is 1. The normalized spacial score (nSPS) is 28.4. The topological polar surface area (TPSA) is 43.4 Å². The minimum atomic E-state index is -3.21. The molecule has 188 valence electrons. The zero-order valence-corrected chi connectivity index (χ0v) is 24.6. The molecule has 0 bridgehead atoms. The van der Waals surface area contributed by atoms with Gasteiger partial charge in [-0.2, -0.15) is 0 Å². The highest BCUT2D eigenvalue weighted by atomic mass is 32.2. The molecule has 2 aliphatic carbocycles. The summed E-state index contributed by atoms with van der Waals surface area (Å²) in [5.41, 5.74) is 1.79. The van der Waals surface area contributed by atoms with Crippen LogP contribution in [0.4, 0.5) is 0 Å². The first kappa shape index (κ1) is 28.1. The van der Waals surface area contributed by atoms with Gasteiger partial charge in [0, 0.05) is 6.10 Å². The highest BCUT2D eigenvalue weighted by Crippen LogP contribution is 2.56. The van der Waals surface area contributed by atoms with Gasteiger partial charge in [-0.3, -0.25) is 0 Å². The lowest BCUT2D eigenvalue weighted by molar-refractivity contribution is 0.0174. The molecule has 1 saturated carbocycles. The van der Waals surface area contributed by atoms with Crippen LogP contribution in [0.5, 0.6) is 0 Å². The smallest absolute Gasteiger partial charge is 0.192 e. The van der Waals surface area contributed by atoms with Crippen molar-refractivity contribution in [2.45, 2.75) is 141 Å². The monoisotopic (exact) mass is 484 g/mol. The molecule has 0 saturated heterocycles. The van der Waals surface area contributed by atoms with Gasteiger partial charge in [0.2, 0.25) is 0 Å². The average Bonchev–Trinajstić information content (AvgIpc) is 3.07. The van der Waals surface area contributed by atoms with Crippen molar-refractivity contribution in [3.63, 3.8) is 0 Å². The minimum absolute atomic E-state index is 0.213. The molecule has 0 aromatic heterocycles. The first-order valence-electron chi connectivity index (χ1n) is 13.2. The number of rotatable bonds is 10. The SMILES string of the molecule is CC[Si](CC)(CC)O[C@H]1CCC[C@]2(C)C([C@H](C)CCC(C)(C)S(=O)(=O)C(C)(C)C)=CC[C@@H]12. The van der Waals surface area contributed by atoms with E-state index >= 15 is 0 Å². The Kier molecular flexibility index (Phi) is 8.65. The van der Waals surface area contributed by atoms with E-state index in [1.165, 1.54) is 37.4 Å². The molecule has 0 aliphatic heterocycles. The summed E-state index contributed by atoms with van der Waals surface area (Å²) in [7, 11) is -4.82. The lowest BCUT2D eigenvalue weighted by atomic mass is 9.63. The Morgan fingerprint density at radius 3 is 2.19 bits per heavy atom. The van der Waals surface area contributed by atoms with Crippen molar-refractivity contribution in [1.82, 2.24) is 0 Å². The number of sulfone groups is 1. The van der Waals surface area contributed by atoms with E-state index in [4.69, 9.17) is 4.43 Å². The molecule has 2 aliphatic rings. The van der Waals surface area contributed by atoms with Crippen molar-refractivity contribution >= 4 is 18.2 Å². The van der Waals surface area contributed by atoms with Crippen LogP contribution in [-0.4, -0.2) is 32.3 Å². The molecule has 1 fully saturated rings. The second kappa shape index (κ2) is 9.85. The molecule has 0 radical (unpaired) electrons. The van der Waals surface area contributed by atoms with Gasteiger partial charge in [-0.15, -0.1) is 0 Å². The Hall–Kier alpha value is -0.133. The Labute approximate surface area is 201 Å². The third-order valence-electron chi connectivity index (χ3n) is 9.28. The van der Waals surface area contributed by atoms with Gasteiger partial charge in [0.05, 0.1) is 9.49 Å². The van der Waals surface area contributed by atoms with Crippen molar-refractivity contribution in [1.29, 1.82) is 0 Å². The fourth-order valence-corrected chi connectivity index (χ4v) is 11.6. The maximum Gasteiger partial charge on any atom is 0.192 e. The van der Waals surface area contributed by atoms with E-state index in [-0.39, 0.29) is 5.41 Å². The summed E-state index contributed by atoms with van der Waals surface area (Å²) in [6.45, 7) is 21.1. The van der Waals surface area contributed by atoms with E-state index in [1.54, 1.807) is 5.57 Å². The Morgan fingerprint density at radius 2 is 1.69 bits per heavy atom. The molecule has 5 heteroatoms. The molecule has 0 aromatic rings. The quantitative estimate of drug-likeness (QED) is 0.233. The Bertz CT molecular complexity index is 765. The number of hydrogen-bond acceptors (Lipinski definition) is 3. The summed E-state index contributed by atoms with van der Waals surface area (Å²) in [6, 6.07) is 3.65. The van der Waals surface area contributed by atoms with Crippen LogP contribution in [0.15, 0.2) is 11.6 Å². The summed E-state index contributed by atoms with van der Waals surface area (Å²) in [5, 5.41) is 0. The summed E-state index contributed by atoms with van der Waals surface area (Å²) in [6.07, 6.45) is 9.38. The van der Waals surface area contributed by atoms with Crippen molar-refractivity contribution in [2.75, 3.05) is 0 Å². The van der Waals surface area contributed by atoms with E-state index in [1.807, 2.05) is 34.6 Å². The average molecular weight is 485 g/mol. The van der Waals surface area contributed by atoms with Crippen LogP contribution in [0.3, 0.4) is 0 Å². The van der Waals surface area contributed by atoms with Crippen LogP contribution >= 0.6 is 0 Å². The maximum atomic E-state index is 13.1. The Balaban J connectivity index is 2.14. The largest absolute Gasteiger partial charge is 0.414 e. The number of hydrogen-bond donors (Lipinski definition) is 0. The molecular formula is C27H52O3SSi. The Morgan fingerprint density at radius 1 is 1.12 bits per heavy atom. The van der Waals surface area contributed by atoms with Crippen LogP contribution in [0.1, 0.15) is 108 Å². The summed E-state index contributed by atoms with van der Waals surface area (Å²) < 4.78 is 31.9. The van der Waals surface area contributed by atoms with Gasteiger partial charge in [-0.05, 0) is 102 Å². The van der Waals surface area contributed by atoms with Crippen LogP contribution in [0, 0.1) is 17.3 Å². The van der Waals surface area contributed by atoms with E-state index < -0.39 is 27.6 Å². The number of allylic oxidation sites excluding steroid dienone is 2. The fourth-order valence-electron chi connectivity index (χ4n) is 6.63. The molecule has 32 heavy (non-hydrogen) atoms. The summed E-state index contributed by atoms with van der Waals surface area (Å²) in [5.74, 6) is 1.01. The lowest BCUT2D eigenvalue weighted by Crippen LogP contribution is -2.48. The molecule has 0 unspecified atom stereocenters.